The molecule has 0 saturated carbocycles. The van der Waals surface area contributed by atoms with Gasteiger partial charge in [0, 0.05) is 5.69 Å². The average Bonchev–Trinajstić information content (AvgIpc) is 3.36. The molecule has 0 aliphatic heterocycles. The summed E-state index contributed by atoms with van der Waals surface area (Å²) in [6.07, 6.45) is 6.04. The van der Waals surface area contributed by atoms with Crippen LogP contribution in [0.5, 0.6) is 0 Å². The first kappa shape index (κ1) is 18.2. The molecule has 3 aromatic rings. The zero-order valence-electron chi connectivity index (χ0n) is 16.0. The number of hydrogen-bond acceptors (Lipinski definition) is 3. The highest BCUT2D eigenvalue weighted by Gasteiger charge is 2.26. The molecule has 0 radical (unpaired) electrons. The van der Waals surface area contributed by atoms with Crippen LogP contribution in [0.1, 0.15) is 35.1 Å². The molecule has 6 heteroatoms. The molecule has 2 N–H and O–H groups in total. The normalized spacial score (nSPS) is 15.2. The highest BCUT2D eigenvalue weighted by atomic mass is 32.2. The maximum absolute atomic E-state index is 12.8. The summed E-state index contributed by atoms with van der Waals surface area (Å²) in [6, 6.07) is 14.0. The summed E-state index contributed by atoms with van der Waals surface area (Å²) in [5.41, 5.74) is 5.75. The van der Waals surface area contributed by atoms with Crippen LogP contribution < -0.4 is 10.0 Å². The number of rotatable bonds is 3. The van der Waals surface area contributed by atoms with Gasteiger partial charge < -0.3 is 5.32 Å². The molecule has 29 heavy (non-hydrogen) atoms. The van der Waals surface area contributed by atoms with E-state index in [0.29, 0.717) is 0 Å². The first-order valence-corrected chi connectivity index (χ1v) is 11.5. The highest BCUT2D eigenvalue weighted by Crippen LogP contribution is 2.38. The first-order chi connectivity index (χ1) is 14.0. The van der Waals surface area contributed by atoms with Gasteiger partial charge in [-0.2, -0.15) is 0 Å². The van der Waals surface area contributed by atoms with Gasteiger partial charge in [-0.05, 0) is 83.7 Å². The Morgan fingerprint density at radius 1 is 0.793 bits per heavy atom. The van der Waals surface area contributed by atoms with Crippen molar-refractivity contribution in [2.24, 2.45) is 0 Å². The zero-order valence-corrected chi connectivity index (χ0v) is 16.8. The van der Waals surface area contributed by atoms with Crippen molar-refractivity contribution in [3.8, 4) is 0 Å². The lowest BCUT2D eigenvalue weighted by Gasteiger charge is -2.16. The SMILES string of the molecule is O=C(Nc1c2c(cc3c1CCC3)CCC2)NS(=O)(=O)c1ccc2ccccc2c1. The molecule has 148 valence electrons. The summed E-state index contributed by atoms with van der Waals surface area (Å²) in [4.78, 5) is 12.7. The number of fused-ring (bicyclic) bond motifs is 3. The van der Waals surface area contributed by atoms with Crippen molar-refractivity contribution in [2.45, 2.75) is 43.4 Å². The molecule has 0 aromatic heterocycles. The number of anilines is 1. The van der Waals surface area contributed by atoms with Gasteiger partial charge >= 0.3 is 6.03 Å². The molecule has 0 heterocycles. The van der Waals surface area contributed by atoms with Crippen molar-refractivity contribution in [2.75, 3.05) is 5.32 Å². The summed E-state index contributed by atoms with van der Waals surface area (Å²) in [5, 5.41) is 4.64. The van der Waals surface area contributed by atoms with E-state index in [1.165, 1.54) is 28.3 Å². The van der Waals surface area contributed by atoms with Crippen molar-refractivity contribution in [3.63, 3.8) is 0 Å². The van der Waals surface area contributed by atoms with Crippen LogP contribution in [-0.4, -0.2) is 14.4 Å². The molecular weight excluding hydrogens is 384 g/mol. The second kappa shape index (κ2) is 6.88. The van der Waals surface area contributed by atoms with Gasteiger partial charge in [-0.15, -0.1) is 0 Å². The first-order valence-electron chi connectivity index (χ1n) is 10.0. The van der Waals surface area contributed by atoms with Crippen LogP contribution in [0.3, 0.4) is 0 Å². The molecule has 0 fully saturated rings. The van der Waals surface area contributed by atoms with Gasteiger partial charge in [-0.3, -0.25) is 0 Å². The quantitative estimate of drug-likeness (QED) is 0.680. The van der Waals surface area contributed by atoms with Gasteiger partial charge in [-0.25, -0.2) is 17.9 Å². The molecule has 0 saturated heterocycles. The molecule has 2 aliphatic rings. The number of aryl methyl sites for hydroxylation is 2. The zero-order chi connectivity index (χ0) is 20.0. The summed E-state index contributed by atoms with van der Waals surface area (Å²) in [7, 11) is -3.96. The molecular formula is C23H22N2O3S. The summed E-state index contributed by atoms with van der Waals surface area (Å²) in [5.74, 6) is 0. The smallest absolute Gasteiger partial charge is 0.307 e. The topological polar surface area (TPSA) is 75.3 Å². The largest absolute Gasteiger partial charge is 0.333 e. The maximum Gasteiger partial charge on any atom is 0.333 e. The van der Waals surface area contributed by atoms with Gasteiger partial charge in [0.25, 0.3) is 10.0 Å². The predicted octanol–water partition coefficient (Wildman–Crippen LogP) is 4.33. The van der Waals surface area contributed by atoms with Crippen molar-refractivity contribution < 1.29 is 13.2 Å². The second-order valence-electron chi connectivity index (χ2n) is 7.80. The number of nitrogens with one attached hydrogen (secondary N) is 2. The third-order valence-corrected chi connectivity index (χ3v) is 7.30. The third-order valence-electron chi connectivity index (χ3n) is 5.97. The van der Waals surface area contributed by atoms with Crippen LogP contribution in [0.15, 0.2) is 53.4 Å². The van der Waals surface area contributed by atoms with Gasteiger partial charge in [0.05, 0.1) is 4.90 Å². The van der Waals surface area contributed by atoms with E-state index in [4.69, 9.17) is 0 Å². The van der Waals surface area contributed by atoms with Crippen molar-refractivity contribution >= 4 is 32.5 Å². The van der Waals surface area contributed by atoms with Crippen LogP contribution in [0.4, 0.5) is 10.5 Å². The van der Waals surface area contributed by atoms with E-state index in [1.807, 2.05) is 24.3 Å². The molecule has 0 atom stereocenters. The second-order valence-corrected chi connectivity index (χ2v) is 9.49. The Balaban J connectivity index is 1.42. The summed E-state index contributed by atoms with van der Waals surface area (Å²) >= 11 is 0. The molecule has 5 nitrogen and oxygen atoms in total. The number of benzene rings is 3. The molecule has 5 rings (SSSR count). The number of carbonyl (C=O) groups is 1. The van der Waals surface area contributed by atoms with Crippen molar-refractivity contribution in [3.05, 3.63) is 70.8 Å². The van der Waals surface area contributed by atoms with Crippen LogP contribution in [0.2, 0.25) is 0 Å². The minimum Gasteiger partial charge on any atom is -0.307 e. The molecule has 0 spiro atoms. The molecule has 3 aromatic carbocycles. The van der Waals surface area contributed by atoms with Gasteiger partial charge in [0.15, 0.2) is 0 Å². The number of carbonyl (C=O) groups excluding carboxylic acids is 1. The van der Waals surface area contributed by atoms with Gasteiger partial charge in [0.1, 0.15) is 0 Å². The van der Waals surface area contributed by atoms with E-state index in [0.717, 1.165) is 55.0 Å². The fourth-order valence-electron chi connectivity index (χ4n) is 4.62. The van der Waals surface area contributed by atoms with E-state index in [-0.39, 0.29) is 4.90 Å². The van der Waals surface area contributed by atoms with E-state index < -0.39 is 16.1 Å². The number of hydrogen-bond donors (Lipinski definition) is 2. The van der Waals surface area contributed by atoms with E-state index in [9.17, 15) is 13.2 Å². The molecule has 0 bridgehead atoms. The standard InChI is InChI=1S/C23H22N2O3S/c26-23(24-22-20-9-3-7-17(20)13-18-8-4-10-21(18)22)25-29(27,28)19-12-11-15-5-1-2-6-16(15)14-19/h1-2,5-6,11-14H,3-4,7-10H2,(H2,24,25,26). The van der Waals surface area contributed by atoms with Crippen LogP contribution in [-0.2, 0) is 35.7 Å². The van der Waals surface area contributed by atoms with Gasteiger partial charge in [-0.1, -0.05) is 36.4 Å². The Bertz CT molecular complexity index is 1220. The van der Waals surface area contributed by atoms with Crippen LogP contribution >= 0.6 is 0 Å². The Hall–Kier alpha value is -2.86. The highest BCUT2D eigenvalue weighted by molar-refractivity contribution is 7.90. The Kier molecular flexibility index (Phi) is 4.32. The minimum atomic E-state index is -3.96. The monoisotopic (exact) mass is 406 g/mol. The number of sulfonamides is 1. The maximum atomic E-state index is 12.8. The Morgan fingerprint density at radius 3 is 2.14 bits per heavy atom. The molecule has 2 amide bonds. The Labute approximate surface area is 170 Å². The summed E-state index contributed by atoms with van der Waals surface area (Å²) in [6.45, 7) is 0. The summed E-state index contributed by atoms with van der Waals surface area (Å²) < 4.78 is 27.7. The fraction of sp³-hybridized carbons (Fsp3) is 0.261. The number of urea groups is 1. The van der Waals surface area contributed by atoms with Crippen molar-refractivity contribution in [1.29, 1.82) is 0 Å². The lowest BCUT2D eigenvalue weighted by atomic mass is 9.99. The minimum absolute atomic E-state index is 0.0786. The Morgan fingerprint density at radius 2 is 1.45 bits per heavy atom. The van der Waals surface area contributed by atoms with E-state index in [2.05, 4.69) is 16.1 Å². The van der Waals surface area contributed by atoms with E-state index in [1.54, 1.807) is 12.1 Å². The van der Waals surface area contributed by atoms with E-state index >= 15 is 0 Å². The average molecular weight is 407 g/mol. The number of amides is 2. The van der Waals surface area contributed by atoms with Crippen LogP contribution in [0, 0.1) is 0 Å². The lowest BCUT2D eigenvalue weighted by molar-refractivity contribution is 0.256. The van der Waals surface area contributed by atoms with Crippen molar-refractivity contribution in [1.82, 2.24) is 4.72 Å². The predicted molar refractivity (Wildman–Crippen MR) is 114 cm³/mol. The van der Waals surface area contributed by atoms with Crippen LogP contribution in [0.25, 0.3) is 10.8 Å². The molecule has 2 aliphatic carbocycles. The third kappa shape index (κ3) is 3.27. The lowest BCUT2D eigenvalue weighted by Crippen LogP contribution is -2.35. The fourth-order valence-corrected chi connectivity index (χ4v) is 5.56. The molecule has 0 unspecified atom stereocenters. The van der Waals surface area contributed by atoms with Gasteiger partial charge in [0.2, 0.25) is 0 Å².